The standard InChI is InChI=1S/C22H33N5O3/c1-2-3-5-9-18(26-27-22-24-15-16-25-22)12-13-19-20(10-8-14-23-19)30-17-7-4-6-11-21(28)29/h8,10,12-14H,2-7,9,11,15-17H2,1H3,(H,28,29)(H2,24,25,27). The maximum absolute atomic E-state index is 10.6. The summed E-state index contributed by atoms with van der Waals surface area (Å²) in [6, 6.07) is 3.74. The molecule has 1 aromatic heterocycles. The predicted octanol–water partition coefficient (Wildman–Crippen LogP) is 3.60. The maximum Gasteiger partial charge on any atom is 0.303 e. The largest absolute Gasteiger partial charge is 0.491 e. The number of nitrogens with zero attached hydrogens (tertiary/aromatic N) is 3. The molecule has 2 heterocycles. The van der Waals surface area contributed by atoms with Crippen LogP contribution >= 0.6 is 0 Å². The lowest BCUT2D eigenvalue weighted by atomic mass is 10.1. The molecular formula is C22H33N5O3. The molecule has 0 atom stereocenters. The summed E-state index contributed by atoms with van der Waals surface area (Å²) in [5.74, 6) is 0.674. The Labute approximate surface area is 178 Å². The molecule has 1 aliphatic heterocycles. The van der Waals surface area contributed by atoms with E-state index in [1.165, 1.54) is 0 Å². The minimum absolute atomic E-state index is 0.205. The number of allylic oxidation sites excluding steroid dienone is 1. The molecule has 8 heteroatoms. The molecule has 0 aliphatic carbocycles. The lowest BCUT2D eigenvalue weighted by molar-refractivity contribution is -0.137. The average molecular weight is 416 g/mol. The molecule has 0 spiro atoms. The minimum Gasteiger partial charge on any atom is -0.491 e. The monoisotopic (exact) mass is 415 g/mol. The highest BCUT2D eigenvalue weighted by Gasteiger charge is 2.05. The molecule has 30 heavy (non-hydrogen) atoms. The third-order valence-electron chi connectivity index (χ3n) is 4.54. The number of carboxylic acid groups (broad SMARTS) is 1. The number of carbonyl (C=O) groups is 1. The molecule has 8 nitrogen and oxygen atoms in total. The van der Waals surface area contributed by atoms with E-state index in [0.717, 1.165) is 68.8 Å². The Morgan fingerprint density at radius 2 is 2.17 bits per heavy atom. The van der Waals surface area contributed by atoms with Crippen LogP contribution in [0.4, 0.5) is 0 Å². The van der Waals surface area contributed by atoms with Crippen LogP contribution < -0.4 is 15.5 Å². The number of carboxylic acids is 1. The second-order valence-corrected chi connectivity index (χ2v) is 7.10. The highest BCUT2D eigenvalue weighted by Crippen LogP contribution is 2.18. The van der Waals surface area contributed by atoms with E-state index in [-0.39, 0.29) is 6.42 Å². The van der Waals surface area contributed by atoms with E-state index < -0.39 is 5.97 Å². The zero-order valence-corrected chi connectivity index (χ0v) is 17.8. The zero-order valence-electron chi connectivity index (χ0n) is 17.8. The van der Waals surface area contributed by atoms with Gasteiger partial charge in [-0.15, -0.1) is 0 Å². The molecule has 1 aromatic rings. The number of aromatic nitrogens is 1. The Bertz CT molecular complexity index is 746. The molecule has 164 valence electrons. The number of hydrogen-bond acceptors (Lipinski definition) is 7. The summed E-state index contributed by atoms with van der Waals surface area (Å²) in [6.07, 6.45) is 12.4. The zero-order chi connectivity index (χ0) is 21.4. The molecule has 1 aliphatic rings. The van der Waals surface area contributed by atoms with Crippen LogP contribution in [0.2, 0.25) is 0 Å². The summed E-state index contributed by atoms with van der Waals surface area (Å²) in [7, 11) is 0. The summed E-state index contributed by atoms with van der Waals surface area (Å²) in [5, 5.41) is 16.3. The molecule has 0 radical (unpaired) electrons. The molecule has 0 amide bonds. The van der Waals surface area contributed by atoms with Crippen molar-refractivity contribution in [3.63, 3.8) is 0 Å². The van der Waals surface area contributed by atoms with Crippen LogP contribution in [0, 0.1) is 0 Å². The van der Waals surface area contributed by atoms with Crippen molar-refractivity contribution >= 4 is 23.7 Å². The number of hydrazone groups is 1. The highest BCUT2D eigenvalue weighted by molar-refractivity contribution is 5.99. The second-order valence-electron chi connectivity index (χ2n) is 7.10. The number of nitrogens with one attached hydrogen (secondary N) is 2. The van der Waals surface area contributed by atoms with Crippen LogP contribution in [-0.4, -0.2) is 47.4 Å². The van der Waals surface area contributed by atoms with E-state index in [1.54, 1.807) is 6.20 Å². The third kappa shape index (κ3) is 9.54. The summed E-state index contributed by atoms with van der Waals surface area (Å²) in [5.41, 5.74) is 4.69. The van der Waals surface area contributed by atoms with Crippen molar-refractivity contribution in [2.45, 2.75) is 58.3 Å². The van der Waals surface area contributed by atoms with E-state index in [1.807, 2.05) is 24.3 Å². The fourth-order valence-corrected chi connectivity index (χ4v) is 2.89. The van der Waals surface area contributed by atoms with Gasteiger partial charge in [-0.05, 0) is 56.4 Å². The van der Waals surface area contributed by atoms with Gasteiger partial charge in [0.25, 0.3) is 0 Å². The van der Waals surface area contributed by atoms with Crippen molar-refractivity contribution in [1.29, 1.82) is 0 Å². The number of rotatable bonds is 14. The lowest BCUT2D eigenvalue weighted by Crippen LogP contribution is -2.30. The van der Waals surface area contributed by atoms with Gasteiger partial charge in [-0.2, -0.15) is 5.10 Å². The first-order chi connectivity index (χ1) is 14.7. The number of guanidine groups is 1. The predicted molar refractivity (Wildman–Crippen MR) is 120 cm³/mol. The Balaban J connectivity index is 1.93. The van der Waals surface area contributed by atoms with Gasteiger partial charge in [0, 0.05) is 19.2 Å². The van der Waals surface area contributed by atoms with Crippen molar-refractivity contribution in [3.05, 3.63) is 30.1 Å². The van der Waals surface area contributed by atoms with Crippen LogP contribution in [0.5, 0.6) is 5.75 Å². The normalized spacial score (nSPS) is 13.9. The molecular weight excluding hydrogens is 382 g/mol. The van der Waals surface area contributed by atoms with Gasteiger partial charge in [-0.1, -0.05) is 19.8 Å². The number of ether oxygens (including phenoxy) is 1. The van der Waals surface area contributed by atoms with E-state index in [9.17, 15) is 4.79 Å². The molecule has 0 fully saturated rings. The first kappa shape index (κ1) is 23.4. The van der Waals surface area contributed by atoms with Gasteiger partial charge < -0.3 is 15.2 Å². The fourth-order valence-electron chi connectivity index (χ4n) is 2.89. The van der Waals surface area contributed by atoms with Gasteiger partial charge >= 0.3 is 5.97 Å². The van der Waals surface area contributed by atoms with E-state index in [2.05, 4.69) is 32.7 Å². The molecule has 2 rings (SSSR count). The van der Waals surface area contributed by atoms with Crippen molar-refractivity contribution in [3.8, 4) is 5.75 Å². The fraction of sp³-hybridized carbons (Fsp3) is 0.545. The van der Waals surface area contributed by atoms with Gasteiger partial charge in [-0.3, -0.25) is 9.78 Å². The topological polar surface area (TPSA) is 108 Å². The maximum atomic E-state index is 10.6. The van der Waals surface area contributed by atoms with E-state index >= 15 is 0 Å². The number of aliphatic carboxylic acids is 1. The minimum atomic E-state index is -0.753. The van der Waals surface area contributed by atoms with Crippen LogP contribution in [0.3, 0.4) is 0 Å². The van der Waals surface area contributed by atoms with Crippen LogP contribution in [-0.2, 0) is 4.79 Å². The number of hydrogen-bond donors (Lipinski definition) is 3. The third-order valence-corrected chi connectivity index (χ3v) is 4.54. The van der Waals surface area contributed by atoms with Gasteiger partial charge in [0.05, 0.1) is 18.9 Å². The molecule has 0 saturated carbocycles. The molecule has 0 saturated heterocycles. The van der Waals surface area contributed by atoms with Gasteiger partial charge in [0.15, 0.2) is 0 Å². The molecule has 0 aromatic carbocycles. The van der Waals surface area contributed by atoms with Crippen molar-refractivity contribution in [2.24, 2.45) is 10.1 Å². The Kier molecular flexibility index (Phi) is 11.0. The second kappa shape index (κ2) is 14.1. The molecule has 0 unspecified atom stereocenters. The Morgan fingerprint density at radius 1 is 1.30 bits per heavy atom. The smallest absolute Gasteiger partial charge is 0.303 e. The molecule has 3 N–H and O–H groups in total. The average Bonchev–Trinajstić information content (AvgIpc) is 3.26. The van der Waals surface area contributed by atoms with E-state index in [0.29, 0.717) is 19.0 Å². The lowest BCUT2D eigenvalue weighted by Gasteiger charge is -2.08. The van der Waals surface area contributed by atoms with E-state index in [4.69, 9.17) is 9.84 Å². The first-order valence-corrected chi connectivity index (χ1v) is 10.8. The van der Waals surface area contributed by atoms with Crippen LogP contribution in [0.15, 0.2) is 34.5 Å². The van der Waals surface area contributed by atoms with Crippen LogP contribution in [0.1, 0.15) is 64.0 Å². The Hall–Kier alpha value is -2.90. The van der Waals surface area contributed by atoms with Crippen molar-refractivity contribution in [1.82, 2.24) is 15.7 Å². The number of pyridine rings is 1. The quantitative estimate of drug-likeness (QED) is 0.243. The molecule has 0 bridgehead atoms. The SMILES string of the molecule is CCCCCC(C=Cc1ncccc1OCCCCCC(=O)O)=NNC1=NCCN1. The summed E-state index contributed by atoms with van der Waals surface area (Å²) in [6.45, 7) is 4.32. The first-order valence-electron chi connectivity index (χ1n) is 10.8. The summed E-state index contributed by atoms with van der Waals surface area (Å²) in [4.78, 5) is 19.3. The van der Waals surface area contributed by atoms with Gasteiger partial charge in [-0.25, -0.2) is 10.4 Å². The Morgan fingerprint density at radius 3 is 2.93 bits per heavy atom. The number of aliphatic imine (C=N–C) groups is 1. The number of unbranched alkanes of at least 4 members (excludes halogenated alkanes) is 4. The highest BCUT2D eigenvalue weighted by atomic mass is 16.5. The van der Waals surface area contributed by atoms with Crippen LogP contribution in [0.25, 0.3) is 6.08 Å². The summed E-state index contributed by atoms with van der Waals surface area (Å²) < 4.78 is 5.87. The van der Waals surface area contributed by atoms with Gasteiger partial charge in [0.2, 0.25) is 5.96 Å². The van der Waals surface area contributed by atoms with Crippen molar-refractivity contribution in [2.75, 3.05) is 19.7 Å². The van der Waals surface area contributed by atoms with Crippen molar-refractivity contribution < 1.29 is 14.6 Å². The van der Waals surface area contributed by atoms with Gasteiger partial charge in [0.1, 0.15) is 11.4 Å². The summed E-state index contributed by atoms with van der Waals surface area (Å²) >= 11 is 0.